The van der Waals surface area contributed by atoms with E-state index >= 15 is 0 Å². The number of hydrogen-bond donors (Lipinski definition) is 2. The van der Waals surface area contributed by atoms with Gasteiger partial charge in [-0.15, -0.1) is 0 Å². The Labute approximate surface area is 272 Å². The fraction of sp³-hybridized carbons (Fsp3) is 0.594. The number of aromatic nitrogens is 2. The normalized spacial score (nSPS) is 21.6. The van der Waals surface area contributed by atoms with Gasteiger partial charge in [0.1, 0.15) is 17.0 Å². The van der Waals surface area contributed by atoms with Crippen molar-refractivity contribution in [3.05, 3.63) is 30.0 Å². The summed E-state index contributed by atoms with van der Waals surface area (Å²) in [5.74, 6) is -4.54. The quantitative estimate of drug-likeness (QED) is 0.442. The zero-order valence-corrected chi connectivity index (χ0v) is 27.6. The second-order valence-electron chi connectivity index (χ2n) is 13.1. The molecule has 1 aromatic heterocycles. The molecule has 2 N–H and O–H groups in total. The average molecular weight is 660 g/mol. The molecule has 5 rings (SSSR count). The van der Waals surface area contributed by atoms with Crippen molar-refractivity contribution in [2.24, 2.45) is 0 Å². The number of halogens is 2. The fourth-order valence-corrected chi connectivity index (χ4v) is 6.22. The lowest BCUT2D eigenvalue weighted by Crippen LogP contribution is -2.56. The number of fused-ring (bicyclic) bond motifs is 1. The van der Waals surface area contributed by atoms with Gasteiger partial charge in [-0.2, -0.15) is 13.8 Å². The minimum atomic E-state index is -3.58. The number of nitrogens with one attached hydrogen (secondary N) is 2. The predicted molar refractivity (Wildman–Crippen MR) is 171 cm³/mol. The van der Waals surface area contributed by atoms with Crippen molar-refractivity contribution >= 4 is 41.0 Å². The van der Waals surface area contributed by atoms with Crippen LogP contribution in [0.2, 0.25) is 0 Å². The van der Waals surface area contributed by atoms with Crippen LogP contribution >= 0.6 is 0 Å². The van der Waals surface area contributed by atoms with Gasteiger partial charge in [-0.3, -0.25) is 9.59 Å². The van der Waals surface area contributed by atoms with Gasteiger partial charge in [-0.25, -0.2) is 9.78 Å². The molecule has 47 heavy (non-hydrogen) atoms. The van der Waals surface area contributed by atoms with Crippen molar-refractivity contribution in [3.63, 3.8) is 0 Å². The second-order valence-corrected chi connectivity index (χ2v) is 13.1. The van der Waals surface area contributed by atoms with E-state index in [1.54, 1.807) is 43.9 Å². The average Bonchev–Trinajstić information content (AvgIpc) is 3.55. The lowest BCUT2D eigenvalue weighted by atomic mass is 10.0. The van der Waals surface area contributed by atoms with Crippen LogP contribution in [0.3, 0.4) is 0 Å². The van der Waals surface area contributed by atoms with Crippen molar-refractivity contribution in [3.8, 4) is 5.75 Å². The molecular formula is C32H43F2N7O6. The van der Waals surface area contributed by atoms with Crippen molar-refractivity contribution in [1.82, 2.24) is 20.2 Å². The number of benzene rings is 1. The summed E-state index contributed by atoms with van der Waals surface area (Å²) in [6.45, 7) is 5.31. The molecule has 3 aliphatic rings. The van der Waals surface area contributed by atoms with Crippen molar-refractivity contribution in [2.45, 2.75) is 82.6 Å². The van der Waals surface area contributed by atoms with Gasteiger partial charge in [0.05, 0.1) is 44.2 Å². The maximum Gasteiger partial charge on any atom is 0.410 e. The van der Waals surface area contributed by atoms with Crippen LogP contribution in [-0.2, 0) is 14.3 Å². The largest absolute Gasteiger partial charge is 0.495 e. The Hall–Kier alpha value is -4.27. The number of nitrogens with zero attached hydrogens (tertiary/aromatic N) is 5. The van der Waals surface area contributed by atoms with Crippen molar-refractivity contribution in [2.75, 3.05) is 56.0 Å². The van der Waals surface area contributed by atoms with Crippen LogP contribution in [0, 0.1) is 0 Å². The Bertz CT molecular complexity index is 1500. The third kappa shape index (κ3) is 7.50. The number of piperidine rings is 1. The number of amides is 3. The molecule has 2 aromatic rings. The standard InChI is InChI=1S/C32H43F2N7O6/c1-31(2,3)47-30(44)40-14-13-22(25(17-40)46-6)36-27(42)19-11-12-21(24(15-19)45-5)37-29-35-16-23-26(38-29)41(20-9-7-8-10-20)18-32(33,34)28(43)39(23)4/h11-12,15-16,20,22,25H,7-10,13-14,17-18H2,1-6H3,(H,36,42)(H,35,37,38)/t22?,25-/m0/s1. The van der Waals surface area contributed by atoms with Gasteiger partial charge in [0.25, 0.3) is 11.8 Å². The number of rotatable bonds is 7. The molecule has 2 atom stereocenters. The van der Waals surface area contributed by atoms with Gasteiger partial charge in [-0.1, -0.05) is 12.8 Å². The molecule has 0 spiro atoms. The number of likely N-dealkylation sites (tertiary alicyclic amines) is 1. The smallest absolute Gasteiger partial charge is 0.410 e. The first-order valence-electron chi connectivity index (χ1n) is 15.8. The number of ether oxygens (including phenoxy) is 3. The lowest BCUT2D eigenvalue weighted by molar-refractivity contribution is -0.140. The Balaban J connectivity index is 1.31. The number of anilines is 4. The van der Waals surface area contributed by atoms with E-state index in [0.717, 1.165) is 30.6 Å². The van der Waals surface area contributed by atoms with Crippen LogP contribution in [0.25, 0.3) is 0 Å². The monoisotopic (exact) mass is 659 g/mol. The Morgan fingerprint density at radius 2 is 1.83 bits per heavy atom. The highest BCUT2D eigenvalue weighted by molar-refractivity contribution is 6.02. The van der Waals surface area contributed by atoms with Crippen LogP contribution in [0.5, 0.6) is 5.75 Å². The molecule has 0 radical (unpaired) electrons. The number of carbonyl (C=O) groups is 3. The molecule has 1 unspecified atom stereocenters. The van der Waals surface area contributed by atoms with Gasteiger partial charge in [0, 0.05) is 32.3 Å². The third-order valence-electron chi connectivity index (χ3n) is 8.68. The first-order chi connectivity index (χ1) is 22.2. The highest BCUT2D eigenvalue weighted by atomic mass is 19.3. The van der Waals surface area contributed by atoms with Crippen LogP contribution in [0.15, 0.2) is 24.4 Å². The Kier molecular flexibility index (Phi) is 9.75. The Morgan fingerprint density at radius 1 is 1.11 bits per heavy atom. The summed E-state index contributed by atoms with van der Waals surface area (Å²) < 4.78 is 46.6. The molecule has 2 aliphatic heterocycles. The molecule has 1 aromatic carbocycles. The molecule has 3 heterocycles. The predicted octanol–water partition coefficient (Wildman–Crippen LogP) is 4.34. The molecule has 256 valence electrons. The summed E-state index contributed by atoms with van der Waals surface area (Å²) >= 11 is 0. The van der Waals surface area contributed by atoms with E-state index in [2.05, 4.69) is 20.6 Å². The molecule has 3 amide bonds. The third-order valence-corrected chi connectivity index (χ3v) is 8.68. The number of methoxy groups -OCH3 is 2. The highest BCUT2D eigenvalue weighted by Crippen LogP contribution is 2.40. The zero-order valence-electron chi connectivity index (χ0n) is 27.6. The summed E-state index contributed by atoms with van der Waals surface area (Å²) in [6.07, 6.45) is 4.25. The van der Waals surface area contributed by atoms with E-state index in [4.69, 9.17) is 14.2 Å². The maximum absolute atomic E-state index is 14.9. The van der Waals surface area contributed by atoms with Gasteiger partial charge >= 0.3 is 12.0 Å². The van der Waals surface area contributed by atoms with E-state index in [-0.39, 0.29) is 42.0 Å². The van der Waals surface area contributed by atoms with E-state index < -0.39 is 36.2 Å². The SMILES string of the molecule is COc1cc(C(=O)NC2CCN(C(=O)OC(C)(C)C)C[C@@H]2OC)ccc1Nc1ncc2c(n1)N(C1CCCC1)CC(F)(F)C(=O)N2C. The highest BCUT2D eigenvalue weighted by Gasteiger charge is 2.49. The summed E-state index contributed by atoms with van der Waals surface area (Å²) in [6, 6.07) is 4.30. The summed E-state index contributed by atoms with van der Waals surface area (Å²) in [5.41, 5.74) is 0.352. The summed E-state index contributed by atoms with van der Waals surface area (Å²) in [7, 11) is 4.29. The number of hydrogen-bond acceptors (Lipinski definition) is 10. The van der Waals surface area contributed by atoms with Crippen LogP contribution in [-0.4, -0.2) is 103 Å². The van der Waals surface area contributed by atoms with E-state index in [1.807, 2.05) is 0 Å². The first kappa shape index (κ1) is 34.1. The number of alkyl halides is 2. The first-order valence-corrected chi connectivity index (χ1v) is 15.8. The van der Waals surface area contributed by atoms with Crippen molar-refractivity contribution < 1.29 is 37.4 Å². The molecule has 13 nitrogen and oxygen atoms in total. The molecule has 1 saturated carbocycles. The van der Waals surface area contributed by atoms with Crippen molar-refractivity contribution in [1.29, 1.82) is 0 Å². The van der Waals surface area contributed by atoms with Crippen LogP contribution in [0.4, 0.5) is 36.7 Å². The molecule has 15 heteroatoms. The van der Waals surface area contributed by atoms with Crippen LogP contribution < -0.4 is 25.2 Å². The van der Waals surface area contributed by atoms with Crippen LogP contribution in [0.1, 0.15) is 63.2 Å². The van der Waals surface area contributed by atoms with E-state index in [0.29, 0.717) is 30.0 Å². The van der Waals surface area contributed by atoms with Gasteiger partial charge in [0.15, 0.2) is 5.82 Å². The number of carbonyl (C=O) groups excluding carboxylic acids is 3. The summed E-state index contributed by atoms with van der Waals surface area (Å²) in [4.78, 5) is 51.4. The van der Waals surface area contributed by atoms with E-state index in [9.17, 15) is 23.2 Å². The molecule has 0 bridgehead atoms. The zero-order chi connectivity index (χ0) is 34.1. The molecular weight excluding hydrogens is 616 g/mol. The summed E-state index contributed by atoms with van der Waals surface area (Å²) in [5, 5.41) is 6.09. The Morgan fingerprint density at radius 3 is 2.49 bits per heavy atom. The minimum absolute atomic E-state index is 0.119. The lowest BCUT2D eigenvalue weighted by Gasteiger charge is -2.38. The fourth-order valence-electron chi connectivity index (χ4n) is 6.22. The second kappa shape index (κ2) is 13.5. The molecule has 1 aliphatic carbocycles. The molecule has 1 saturated heterocycles. The van der Waals surface area contributed by atoms with E-state index in [1.165, 1.54) is 32.4 Å². The minimum Gasteiger partial charge on any atom is -0.495 e. The maximum atomic E-state index is 14.9. The molecule has 2 fully saturated rings. The van der Waals surface area contributed by atoms with Gasteiger partial charge in [0.2, 0.25) is 5.95 Å². The van der Waals surface area contributed by atoms with Gasteiger partial charge in [-0.05, 0) is 58.2 Å². The van der Waals surface area contributed by atoms with Gasteiger partial charge < -0.3 is 39.5 Å². The topological polar surface area (TPSA) is 138 Å².